The van der Waals surface area contributed by atoms with Crippen molar-refractivity contribution in [3.63, 3.8) is 0 Å². The van der Waals surface area contributed by atoms with Crippen LogP contribution in [-0.4, -0.2) is 11.3 Å². The third-order valence-electron chi connectivity index (χ3n) is 2.70. The van der Waals surface area contributed by atoms with E-state index in [0.29, 0.717) is 11.6 Å². The number of benzene rings is 1. The maximum Gasteiger partial charge on any atom is 0.166 e. The number of aldehydes is 1. The molecule has 2 nitrogen and oxygen atoms in total. The highest BCUT2D eigenvalue weighted by Gasteiger charge is 2.04. The van der Waals surface area contributed by atoms with Gasteiger partial charge in [0, 0.05) is 5.69 Å². The molecule has 0 aliphatic heterocycles. The van der Waals surface area contributed by atoms with Gasteiger partial charge in [-0.2, -0.15) is 0 Å². The lowest BCUT2D eigenvalue weighted by molar-refractivity contribution is 0.111. The molecule has 2 heteroatoms. The second-order valence-electron chi connectivity index (χ2n) is 4.23. The van der Waals surface area contributed by atoms with Crippen LogP contribution in [0, 0.1) is 0 Å². The summed E-state index contributed by atoms with van der Waals surface area (Å²) in [4.78, 5) is 13.7. The number of carbonyl (C=O) groups excluding carboxylic acids is 1. The van der Waals surface area contributed by atoms with Crippen molar-refractivity contribution in [2.75, 3.05) is 0 Å². The van der Waals surface area contributed by atoms with Gasteiger partial charge in [0.15, 0.2) is 6.29 Å². The van der Waals surface area contributed by atoms with Gasteiger partial charge in [-0.3, -0.25) is 4.79 Å². The fraction of sp³-hybridized carbons (Fsp3) is 0.214. The first-order chi connectivity index (χ1) is 7.70. The van der Waals surface area contributed by atoms with E-state index < -0.39 is 0 Å². The van der Waals surface area contributed by atoms with Crippen LogP contribution in [0.2, 0.25) is 0 Å². The van der Waals surface area contributed by atoms with Gasteiger partial charge in [0.2, 0.25) is 0 Å². The van der Waals surface area contributed by atoms with Gasteiger partial charge in [0.1, 0.15) is 0 Å². The fourth-order valence-electron chi connectivity index (χ4n) is 1.71. The van der Waals surface area contributed by atoms with Gasteiger partial charge in [-0.25, -0.2) is 0 Å². The van der Waals surface area contributed by atoms with Gasteiger partial charge < -0.3 is 4.98 Å². The molecule has 0 amide bonds. The lowest BCUT2D eigenvalue weighted by atomic mass is 10.00. The van der Waals surface area contributed by atoms with E-state index in [2.05, 4.69) is 31.0 Å². The second-order valence-corrected chi connectivity index (χ2v) is 4.23. The van der Waals surface area contributed by atoms with Crippen LogP contribution in [0.5, 0.6) is 0 Å². The van der Waals surface area contributed by atoms with Crippen LogP contribution < -0.4 is 0 Å². The van der Waals surface area contributed by atoms with Crippen molar-refractivity contribution in [2.24, 2.45) is 0 Å². The normalized spacial score (nSPS) is 10.7. The Hall–Kier alpha value is -1.83. The average Bonchev–Trinajstić information content (AvgIpc) is 2.77. The van der Waals surface area contributed by atoms with Crippen molar-refractivity contribution >= 4 is 6.29 Å². The zero-order valence-corrected chi connectivity index (χ0v) is 9.53. The van der Waals surface area contributed by atoms with Crippen LogP contribution in [0.1, 0.15) is 35.8 Å². The fourth-order valence-corrected chi connectivity index (χ4v) is 1.71. The minimum absolute atomic E-state index is 0.514. The molecule has 2 rings (SSSR count). The molecule has 0 aliphatic rings. The number of nitrogens with one attached hydrogen (secondary N) is 1. The quantitative estimate of drug-likeness (QED) is 0.776. The molecule has 0 unspecified atom stereocenters. The topological polar surface area (TPSA) is 32.9 Å². The van der Waals surface area contributed by atoms with Gasteiger partial charge >= 0.3 is 0 Å². The summed E-state index contributed by atoms with van der Waals surface area (Å²) in [6, 6.07) is 12.1. The molecule has 0 fully saturated rings. The van der Waals surface area contributed by atoms with E-state index in [9.17, 15) is 4.79 Å². The van der Waals surface area contributed by atoms with Crippen molar-refractivity contribution in [1.82, 2.24) is 4.98 Å². The molecule has 0 aliphatic carbocycles. The van der Waals surface area contributed by atoms with E-state index >= 15 is 0 Å². The maximum absolute atomic E-state index is 10.6. The predicted octanol–water partition coefficient (Wildman–Crippen LogP) is 3.62. The first kappa shape index (κ1) is 10.7. The van der Waals surface area contributed by atoms with E-state index in [1.54, 1.807) is 6.07 Å². The monoisotopic (exact) mass is 213 g/mol. The minimum atomic E-state index is 0.514. The zero-order chi connectivity index (χ0) is 11.5. The second kappa shape index (κ2) is 4.35. The van der Waals surface area contributed by atoms with Gasteiger partial charge in [-0.1, -0.05) is 32.0 Å². The lowest BCUT2D eigenvalue weighted by Crippen LogP contribution is -1.88. The number of H-pyrrole nitrogens is 1. The van der Waals surface area contributed by atoms with Crippen LogP contribution in [0.15, 0.2) is 36.4 Å². The molecule has 0 spiro atoms. The zero-order valence-electron chi connectivity index (χ0n) is 9.53. The summed E-state index contributed by atoms with van der Waals surface area (Å²) >= 11 is 0. The van der Waals surface area contributed by atoms with Crippen LogP contribution in [-0.2, 0) is 0 Å². The van der Waals surface area contributed by atoms with Crippen LogP contribution in [0.3, 0.4) is 0 Å². The molecule has 1 N–H and O–H groups in total. The molecule has 0 atom stereocenters. The molecule has 0 saturated carbocycles. The highest BCUT2D eigenvalue weighted by atomic mass is 16.1. The van der Waals surface area contributed by atoms with Gasteiger partial charge in [0.25, 0.3) is 0 Å². The van der Waals surface area contributed by atoms with Gasteiger partial charge in [-0.05, 0) is 35.2 Å². The Morgan fingerprint density at radius 1 is 1.19 bits per heavy atom. The lowest BCUT2D eigenvalue weighted by Gasteiger charge is -2.06. The largest absolute Gasteiger partial charge is 0.352 e. The van der Waals surface area contributed by atoms with Crippen molar-refractivity contribution in [2.45, 2.75) is 19.8 Å². The number of rotatable bonds is 3. The van der Waals surface area contributed by atoms with E-state index in [0.717, 1.165) is 17.5 Å². The minimum Gasteiger partial charge on any atom is -0.352 e. The summed E-state index contributed by atoms with van der Waals surface area (Å²) < 4.78 is 0. The molecule has 0 radical (unpaired) electrons. The number of aromatic amines is 1. The molecule has 1 aromatic heterocycles. The summed E-state index contributed by atoms with van der Waals surface area (Å²) in [6.45, 7) is 4.34. The Labute approximate surface area is 95.3 Å². The molecular weight excluding hydrogens is 198 g/mol. The van der Waals surface area contributed by atoms with E-state index in [4.69, 9.17) is 0 Å². The highest BCUT2D eigenvalue weighted by molar-refractivity contribution is 5.75. The first-order valence-electron chi connectivity index (χ1n) is 5.45. The third kappa shape index (κ3) is 2.06. The summed E-state index contributed by atoms with van der Waals surface area (Å²) in [7, 11) is 0. The third-order valence-corrected chi connectivity index (χ3v) is 2.70. The Bertz CT molecular complexity index is 497. The van der Waals surface area contributed by atoms with Crippen LogP contribution >= 0.6 is 0 Å². The summed E-state index contributed by atoms with van der Waals surface area (Å²) in [5, 5.41) is 0. The Kier molecular flexibility index (Phi) is 2.91. The van der Waals surface area contributed by atoms with Crippen molar-refractivity contribution < 1.29 is 4.79 Å². The van der Waals surface area contributed by atoms with Crippen molar-refractivity contribution in [1.29, 1.82) is 0 Å². The molecule has 82 valence electrons. The highest BCUT2D eigenvalue weighted by Crippen LogP contribution is 2.23. The number of hydrogen-bond donors (Lipinski definition) is 1. The van der Waals surface area contributed by atoms with E-state index in [1.165, 1.54) is 5.56 Å². The van der Waals surface area contributed by atoms with E-state index in [-0.39, 0.29) is 0 Å². The Morgan fingerprint density at radius 2 is 2.00 bits per heavy atom. The summed E-state index contributed by atoms with van der Waals surface area (Å²) in [5.41, 5.74) is 4.04. The number of carbonyl (C=O) groups is 1. The molecule has 0 bridgehead atoms. The van der Waals surface area contributed by atoms with Gasteiger partial charge in [-0.15, -0.1) is 0 Å². The van der Waals surface area contributed by atoms with Gasteiger partial charge in [0.05, 0.1) is 5.69 Å². The molecule has 1 heterocycles. The predicted molar refractivity (Wildman–Crippen MR) is 65.7 cm³/mol. The molecule has 0 saturated heterocycles. The summed E-state index contributed by atoms with van der Waals surface area (Å²) in [6.07, 6.45) is 0.829. The first-order valence-corrected chi connectivity index (χ1v) is 5.45. The van der Waals surface area contributed by atoms with Crippen LogP contribution in [0.4, 0.5) is 0 Å². The van der Waals surface area contributed by atoms with Crippen molar-refractivity contribution in [3.8, 4) is 11.3 Å². The van der Waals surface area contributed by atoms with E-state index in [1.807, 2.05) is 18.2 Å². The SMILES string of the molecule is CC(C)c1cccc(-c2ccc(C=O)[nH]2)c1. The Morgan fingerprint density at radius 3 is 2.62 bits per heavy atom. The average molecular weight is 213 g/mol. The van der Waals surface area contributed by atoms with Crippen molar-refractivity contribution in [3.05, 3.63) is 47.7 Å². The maximum atomic E-state index is 10.6. The molecular formula is C14H15NO. The Balaban J connectivity index is 2.39. The number of aromatic nitrogens is 1. The molecule has 16 heavy (non-hydrogen) atoms. The number of hydrogen-bond acceptors (Lipinski definition) is 1. The summed E-state index contributed by atoms with van der Waals surface area (Å²) in [5.74, 6) is 0.514. The standard InChI is InChI=1S/C14H15NO/c1-10(2)11-4-3-5-12(8-11)14-7-6-13(9-16)15-14/h3-10,15H,1-2H3. The molecule has 1 aromatic carbocycles. The smallest absolute Gasteiger partial charge is 0.166 e. The molecule has 2 aromatic rings. The van der Waals surface area contributed by atoms with Crippen LogP contribution in [0.25, 0.3) is 11.3 Å².